The van der Waals surface area contributed by atoms with Gasteiger partial charge in [-0.1, -0.05) is 13.2 Å². The topological polar surface area (TPSA) is 35.2 Å². The molecule has 0 spiro atoms. The Labute approximate surface area is 65.8 Å². The first-order valence-corrected chi connectivity index (χ1v) is 3.21. The molecule has 0 saturated carbocycles. The highest BCUT2D eigenvalue weighted by Crippen LogP contribution is 2.10. The number of nitrogens with two attached hydrogens (primary N) is 1. The average molecular weight is 157 g/mol. The number of halogens is 1. The second kappa shape index (κ2) is 4.55. The Kier molecular flexibility index (Phi) is 4.03. The second-order valence-corrected chi connectivity index (χ2v) is 1.92. The van der Waals surface area contributed by atoms with Crippen LogP contribution in [-0.2, 0) is 4.74 Å². The van der Waals surface area contributed by atoms with Gasteiger partial charge in [0.1, 0.15) is 5.76 Å². The lowest BCUT2D eigenvalue weighted by Crippen LogP contribution is -1.94. The molecule has 0 aliphatic carbocycles. The number of allylic oxidation sites excluding steroid dienone is 2. The van der Waals surface area contributed by atoms with Crippen LogP contribution in [0.4, 0.5) is 4.39 Å². The number of hydrogen-bond donors (Lipinski definition) is 1. The van der Waals surface area contributed by atoms with Gasteiger partial charge in [-0.2, -0.15) is 0 Å². The summed E-state index contributed by atoms with van der Waals surface area (Å²) in [7, 11) is 0. The lowest BCUT2D eigenvalue weighted by atomic mass is 10.4. The summed E-state index contributed by atoms with van der Waals surface area (Å²) >= 11 is 0. The van der Waals surface area contributed by atoms with Gasteiger partial charge in [0.2, 0.25) is 0 Å². The standard InChI is InChI=1S/C8H12FNO/c1-4-11-7(3)8(9)5-6(2)10/h5H,2-4,10H2,1H3/b8-5+. The molecule has 2 nitrogen and oxygen atoms in total. The highest BCUT2D eigenvalue weighted by Gasteiger charge is 2.00. The molecule has 0 radical (unpaired) electrons. The minimum absolute atomic E-state index is 0.0147. The maximum absolute atomic E-state index is 12.7. The van der Waals surface area contributed by atoms with E-state index in [1.165, 1.54) is 0 Å². The fraction of sp³-hybridized carbons (Fsp3) is 0.250. The van der Waals surface area contributed by atoms with Gasteiger partial charge in [-0.3, -0.25) is 0 Å². The van der Waals surface area contributed by atoms with Crippen LogP contribution in [0.5, 0.6) is 0 Å². The Balaban J connectivity index is 4.12. The van der Waals surface area contributed by atoms with Crippen LogP contribution in [-0.4, -0.2) is 6.61 Å². The molecule has 0 aromatic rings. The molecule has 11 heavy (non-hydrogen) atoms. The molecule has 0 aromatic carbocycles. The summed E-state index contributed by atoms with van der Waals surface area (Å²) in [5.41, 5.74) is 5.26. The molecule has 0 aliphatic heterocycles. The quantitative estimate of drug-likeness (QED) is 0.499. The van der Waals surface area contributed by atoms with Gasteiger partial charge in [0.15, 0.2) is 5.83 Å². The predicted molar refractivity (Wildman–Crippen MR) is 43.3 cm³/mol. The number of rotatable bonds is 4. The van der Waals surface area contributed by atoms with Crippen LogP contribution in [0.3, 0.4) is 0 Å². The van der Waals surface area contributed by atoms with Crippen LogP contribution in [0.2, 0.25) is 0 Å². The van der Waals surface area contributed by atoms with Crippen molar-refractivity contribution in [3.63, 3.8) is 0 Å². The molecule has 2 N–H and O–H groups in total. The molecule has 0 aliphatic rings. The van der Waals surface area contributed by atoms with Crippen molar-refractivity contribution in [1.82, 2.24) is 0 Å². The average Bonchev–Trinajstić information content (AvgIpc) is 1.86. The third-order valence-corrected chi connectivity index (χ3v) is 0.897. The lowest BCUT2D eigenvalue weighted by Gasteiger charge is -2.02. The van der Waals surface area contributed by atoms with Gasteiger partial charge < -0.3 is 10.5 Å². The Hall–Kier alpha value is -1.25. The maximum atomic E-state index is 12.7. The van der Waals surface area contributed by atoms with E-state index in [0.717, 1.165) is 6.08 Å². The van der Waals surface area contributed by atoms with E-state index in [-0.39, 0.29) is 11.5 Å². The van der Waals surface area contributed by atoms with E-state index in [1.807, 2.05) is 0 Å². The van der Waals surface area contributed by atoms with Crippen LogP contribution < -0.4 is 5.73 Å². The van der Waals surface area contributed by atoms with Gasteiger partial charge in [0, 0.05) is 5.70 Å². The molecule has 62 valence electrons. The number of hydrogen-bond acceptors (Lipinski definition) is 2. The first-order chi connectivity index (χ1) is 5.07. The summed E-state index contributed by atoms with van der Waals surface area (Å²) in [6, 6.07) is 0. The van der Waals surface area contributed by atoms with Crippen LogP contribution in [0.25, 0.3) is 0 Å². The van der Waals surface area contributed by atoms with Crippen LogP contribution in [0.1, 0.15) is 6.92 Å². The molecule has 3 heteroatoms. The molecule has 0 rings (SSSR count). The Bertz CT molecular complexity index is 196. The Morgan fingerprint density at radius 1 is 1.64 bits per heavy atom. The van der Waals surface area contributed by atoms with E-state index in [0.29, 0.717) is 6.61 Å². The van der Waals surface area contributed by atoms with Crippen LogP contribution >= 0.6 is 0 Å². The van der Waals surface area contributed by atoms with Crippen LogP contribution in [0, 0.1) is 0 Å². The Morgan fingerprint density at radius 2 is 2.18 bits per heavy atom. The van der Waals surface area contributed by atoms with E-state index >= 15 is 0 Å². The molecule has 0 aromatic heterocycles. The highest BCUT2D eigenvalue weighted by atomic mass is 19.1. The largest absolute Gasteiger partial charge is 0.491 e. The van der Waals surface area contributed by atoms with E-state index in [9.17, 15) is 4.39 Å². The summed E-state index contributed by atoms with van der Waals surface area (Å²) in [5, 5.41) is 0. The third-order valence-electron chi connectivity index (χ3n) is 0.897. The monoisotopic (exact) mass is 157 g/mol. The lowest BCUT2D eigenvalue weighted by molar-refractivity contribution is 0.226. The summed E-state index contributed by atoms with van der Waals surface area (Å²) in [6.45, 7) is 8.77. The van der Waals surface area contributed by atoms with Gasteiger partial charge >= 0.3 is 0 Å². The van der Waals surface area contributed by atoms with Gasteiger partial charge in [-0.25, -0.2) is 4.39 Å². The molecular formula is C8H12FNO. The summed E-state index contributed by atoms with van der Waals surface area (Å²) in [4.78, 5) is 0. The van der Waals surface area contributed by atoms with Crippen LogP contribution in [0.15, 0.2) is 36.5 Å². The Morgan fingerprint density at radius 3 is 2.55 bits per heavy atom. The van der Waals surface area contributed by atoms with Crippen molar-refractivity contribution >= 4 is 0 Å². The molecule has 0 atom stereocenters. The first-order valence-electron chi connectivity index (χ1n) is 3.21. The van der Waals surface area contributed by atoms with E-state index in [2.05, 4.69) is 13.2 Å². The first kappa shape index (κ1) is 9.75. The molecule has 0 unspecified atom stereocenters. The van der Waals surface area contributed by atoms with Crippen molar-refractivity contribution in [2.24, 2.45) is 5.73 Å². The maximum Gasteiger partial charge on any atom is 0.166 e. The second-order valence-electron chi connectivity index (χ2n) is 1.92. The van der Waals surface area contributed by atoms with E-state index < -0.39 is 5.83 Å². The number of ether oxygens (including phenoxy) is 1. The minimum atomic E-state index is -0.584. The van der Waals surface area contributed by atoms with Gasteiger partial charge in [0.05, 0.1) is 6.61 Å². The van der Waals surface area contributed by atoms with Crippen molar-refractivity contribution < 1.29 is 9.13 Å². The molecule has 0 saturated heterocycles. The fourth-order valence-corrected chi connectivity index (χ4v) is 0.486. The van der Waals surface area contributed by atoms with Crippen molar-refractivity contribution in [3.05, 3.63) is 36.5 Å². The predicted octanol–water partition coefficient (Wildman–Crippen LogP) is 1.86. The van der Waals surface area contributed by atoms with Crippen molar-refractivity contribution in [2.45, 2.75) is 6.92 Å². The smallest absolute Gasteiger partial charge is 0.166 e. The third kappa shape index (κ3) is 4.19. The molecule has 0 heterocycles. The highest BCUT2D eigenvalue weighted by molar-refractivity contribution is 5.24. The van der Waals surface area contributed by atoms with Gasteiger partial charge in [0.25, 0.3) is 0 Å². The summed E-state index contributed by atoms with van der Waals surface area (Å²) < 4.78 is 17.5. The van der Waals surface area contributed by atoms with E-state index in [4.69, 9.17) is 10.5 Å². The van der Waals surface area contributed by atoms with Crippen molar-refractivity contribution in [3.8, 4) is 0 Å². The molecule has 0 fully saturated rings. The summed E-state index contributed by atoms with van der Waals surface area (Å²) in [6.07, 6.45) is 1.07. The zero-order chi connectivity index (χ0) is 8.85. The van der Waals surface area contributed by atoms with Gasteiger partial charge in [-0.15, -0.1) is 0 Å². The molecular weight excluding hydrogens is 145 g/mol. The van der Waals surface area contributed by atoms with E-state index in [1.54, 1.807) is 6.92 Å². The van der Waals surface area contributed by atoms with Crippen molar-refractivity contribution in [1.29, 1.82) is 0 Å². The van der Waals surface area contributed by atoms with Crippen molar-refractivity contribution in [2.75, 3.05) is 6.61 Å². The molecule has 0 amide bonds. The fourth-order valence-electron chi connectivity index (χ4n) is 0.486. The van der Waals surface area contributed by atoms with Gasteiger partial charge in [-0.05, 0) is 13.0 Å². The summed E-state index contributed by atoms with van der Waals surface area (Å²) in [5.74, 6) is -0.599. The normalized spacial score (nSPS) is 10.9. The SMILES string of the molecule is C=C(N)/C=C(/F)C(=C)OCC. The zero-order valence-electron chi connectivity index (χ0n) is 6.56. The zero-order valence-corrected chi connectivity index (χ0v) is 6.56. The molecule has 0 bridgehead atoms. The minimum Gasteiger partial charge on any atom is -0.491 e.